The Bertz CT molecular complexity index is 524. The van der Waals surface area contributed by atoms with Gasteiger partial charge in [0.15, 0.2) is 0 Å². The van der Waals surface area contributed by atoms with E-state index in [0.29, 0.717) is 0 Å². The van der Waals surface area contributed by atoms with Gasteiger partial charge in [0, 0.05) is 11.9 Å². The number of carbonyl (C=O) groups is 2. The quantitative estimate of drug-likeness (QED) is 0.0489. The van der Waals surface area contributed by atoms with Crippen LogP contribution < -0.4 is 10.2 Å². The summed E-state index contributed by atoms with van der Waals surface area (Å²) in [4.78, 5) is 20.4. The molecule has 0 N–H and O–H groups in total. The Morgan fingerprint density at radius 3 is 0.854 bits per heavy atom. The summed E-state index contributed by atoms with van der Waals surface area (Å²) in [5.41, 5.74) is 0. The summed E-state index contributed by atoms with van der Waals surface area (Å²) >= 11 is 0. The molecule has 0 spiro atoms. The van der Waals surface area contributed by atoms with Crippen molar-refractivity contribution in [1.82, 2.24) is 0 Å². The van der Waals surface area contributed by atoms with Crippen LogP contribution in [-0.2, 0) is 9.59 Å². The maximum absolute atomic E-state index is 10.2. The van der Waals surface area contributed by atoms with E-state index in [2.05, 4.69) is 38.2 Å². The Kier molecular flexibility index (Phi) is 43.7. The molecule has 0 bridgehead atoms. The SMILES string of the molecule is CCCCCCCC/C=C\CCCCCCCC(=O)[O-].CCCCCCCC/C=C\CCCCCCCC(=O)[O-].[Be+2]. The number of hydrogen-bond acceptors (Lipinski definition) is 4. The maximum atomic E-state index is 10.2. The molecule has 0 fully saturated rings. The van der Waals surface area contributed by atoms with Gasteiger partial charge in [-0.25, -0.2) is 0 Å². The summed E-state index contributed by atoms with van der Waals surface area (Å²) in [6.07, 6.45) is 41.8. The third-order valence-corrected chi connectivity index (χ3v) is 7.29. The Hall–Kier alpha value is -1.41. The van der Waals surface area contributed by atoms with Gasteiger partial charge in [-0.15, -0.1) is 0 Å². The van der Waals surface area contributed by atoms with E-state index < -0.39 is 11.9 Å². The van der Waals surface area contributed by atoms with Crippen LogP contribution >= 0.6 is 0 Å². The van der Waals surface area contributed by atoms with Crippen molar-refractivity contribution < 1.29 is 19.8 Å². The molecule has 41 heavy (non-hydrogen) atoms. The minimum atomic E-state index is -0.914. The first-order valence-electron chi connectivity index (χ1n) is 17.2. The fourth-order valence-electron chi connectivity index (χ4n) is 4.68. The van der Waals surface area contributed by atoms with Gasteiger partial charge >= 0.3 is 10.1 Å². The van der Waals surface area contributed by atoms with Crippen LogP contribution in [0.15, 0.2) is 24.3 Å². The van der Waals surface area contributed by atoms with E-state index in [9.17, 15) is 19.8 Å². The minimum absolute atomic E-state index is 0. The summed E-state index contributed by atoms with van der Waals surface area (Å²) in [5, 5.41) is 20.4. The molecule has 0 aromatic heterocycles. The maximum Gasteiger partial charge on any atom is 2.00 e. The van der Waals surface area contributed by atoms with Gasteiger partial charge in [-0.05, 0) is 77.0 Å². The molecule has 0 saturated heterocycles. The number of unbranched alkanes of at least 4 members (excludes halogenated alkanes) is 22. The van der Waals surface area contributed by atoms with Crippen LogP contribution in [0.4, 0.5) is 0 Å². The number of allylic oxidation sites excluding steroid dienone is 4. The molecule has 0 aliphatic heterocycles. The van der Waals surface area contributed by atoms with E-state index in [4.69, 9.17) is 0 Å². The van der Waals surface area contributed by atoms with Crippen molar-refractivity contribution in [3.05, 3.63) is 24.3 Å². The second-order valence-electron chi connectivity index (χ2n) is 11.4. The van der Waals surface area contributed by atoms with E-state index in [1.807, 2.05) is 0 Å². The van der Waals surface area contributed by atoms with Gasteiger partial charge in [-0.3, -0.25) is 0 Å². The van der Waals surface area contributed by atoms with E-state index in [1.54, 1.807) is 0 Å². The number of carboxylic acid groups (broad SMARTS) is 2. The minimum Gasteiger partial charge on any atom is -0.550 e. The molecule has 0 unspecified atom stereocenters. The van der Waals surface area contributed by atoms with Crippen LogP contribution in [0.1, 0.15) is 194 Å². The van der Waals surface area contributed by atoms with Crippen molar-refractivity contribution >= 4 is 22.1 Å². The van der Waals surface area contributed by atoms with E-state index >= 15 is 0 Å². The molecule has 4 nitrogen and oxygen atoms in total. The first kappa shape index (κ1) is 44.0. The monoisotopic (exact) mass is 572 g/mol. The van der Waals surface area contributed by atoms with Crippen LogP contribution in [0.5, 0.6) is 0 Å². The van der Waals surface area contributed by atoms with Crippen molar-refractivity contribution in [1.29, 1.82) is 0 Å². The third-order valence-electron chi connectivity index (χ3n) is 7.29. The smallest absolute Gasteiger partial charge is 0.550 e. The van der Waals surface area contributed by atoms with E-state index in [1.165, 1.54) is 128 Å². The van der Waals surface area contributed by atoms with Crippen molar-refractivity contribution in [3.63, 3.8) is 0 Å². The Morgan fingerprint density at radius 2 is 0.610 bits per heavy atom. The van der Waals surface area contributed by atoms with Crippen LogP contribution in [0.2, 0.25) is 0 Å². The number of rotatable bonds is 30. The number of hydrogen-bond donors (Lipinski definition) is 0. The van der Waals surface area contributed by atoms with Crippen LogP contribution in [0.25, 0.3) is 0 Å². The fraction of sp³-hybridized carbons (Fsp3) is 0.833. The second-order valence-corrected chi connectivity index (χ2v) is 11.4. The summed E-state index contributed by atoms with van der Waals surface area (Å²) in [6.45, 7) is 4.51. The standard InChI is InChI=1S/2C18H34O2.Be/c2*1-2-3-4-5-6-7-8-9-10-11-12-13-14-15-16-17-18(19)20;/h2*9-10H,2-8,11-17H2,1H3,(H,19,20);/q;;+2/p-2/b2*10-9-;. The molecule has 0 atom stereocenters. The normalized spacial score (nSPS) is 11.0. The summed E-state index contributed by atoms with van der Waals surface area (Å²) in [7, 11) is 0. The molecular weight excluding hydrogens is 505 g/mol. The molecule has 236 valence electrons. The van der Waals surface area contributed by atoms with Crippen molar-refractivity contribution in [3.8, 4) is 0 Å². The Balaban J connectivity index is -0.000000688. The average molecular weight is 572 g/mol. The van der Waals surface area contributed by atoms with Crippen molar-refractivity contribution in [2.45, 2.75) is 194 Å². The molecule has 0 amide bonds. The van der Waals surface area contributed by atoms with Gasteiger partial charge in [0.25, 0.3) is 0 Å². The largest absolute Gasteiger partial charge is 2.00 e. The van der Waals surface area contributed by atoms with Crippen LogP contribution in [0.3, 0.4) is 0 Å². The molecule has 0 heterocycles. The summed E-state index contributed by atoms with van der Waals surface area (Å²) in [6, 6.07) is 0. The Morgan fingerprint density at radius 1 is 0.390 bits per heavy atom. The van der Waals surface area contributed by atoms with E-state index in [-0.39, 0.29) is 23.0 Å². The average Bonchev–Trinajstić information content (AvgIpc) is 2.93. The van der Waals surface area contributed by atoms with Crippen LogP contribution in [-0.4, -0.2) is 22.1 Å². The molecular formula is C36H66BeO4. The molecule has 0 aromatic carbocycles. The summed E-state index contributed by atoms with van der Waals surface area (Å²) in [5.74, 6) is -1.83. The number of carboxylic acids is 2. The molecule has 0 aliphatic rings. The fourth-order valence-corrected chi connectivity index (χ4v) is 4.68. The number of carbonyl (C=O) groups excluding carboxylic acids is 2. The molecule has 0 aliphatic carbocycles. The van der Waals surface area contributed by atoms with Gasteiger partial charge in [0.1, 0.15) is 0 Å². The molecule has 0 rings (SSSR count). The molecule has 0 radical (unpaired) electrons. The second kappa shape index (κ2) is 40.7. The first-order valence-corrected chi connectivity index (χ1v) is 17.2. The zero-order valence-corrected chi connectivity index (χ0v) is 27.4. The number of aliphatic carboxylic acids is 2. The van der Waals surface area contributed by atoms with Gasteiger partial charge in [0.2, 0.25) is 0 Å². The van der Waals surface area contributed by atoms with E-state index in [0.717, 1.165) is 38.5 Å². The zero-order chi connectivity index (χ0) is 29.8. The van der Waals surface area contributed by atoms with Gasteiger partial charge < -0.3 is 19.8 Å². The molecule has 0 aromatic rings. The topological polar surface area (TPSA) is 80.3 Å². The third kappa shape index (κ3) is 48.6. The predicted molar refractivity (Wildman–Crippen MR) is 175 cm³/mol. The van der Waals surface area contributed by atoms with Crippen LogP contribution in [0, 0.1) is 0 Å². The van der Waals surface area contributed by atoms with Gasteiger partial charge in [-0.2, -0.15) is 0 Å². The summed E-state index contributed by atoms with van der Waals surface area (Å²) < 4.78 is 0. The van der Waals surface area contributed by atoms with Crippen molar-refractivity contribution in [2.24, 2.45) is 0 Å². The van der Waals surface area contributed by atoms with Crippen molar-refractivity contribution in [2.75, 3.05) is 0 Å². The zero-order valence-electron chi connectivity index (χ0n) is 27.4. The molecule has 5 heteroatoms. The van der Waals surface area contributed by atoms with Gasteiger partial charge in [0.05, 0.1) is 0 Å². The van der Waals surface area contributed by atoms with Gasteiger partial charge in [-0.1, -0.05) is 141 Å². The Labute approximate surface area is 259 Å². The first-order chi connectivity index (χ1) is 19.5. The molecule has 0 saturated carbocycles. The predicted octanol–water partition coefficient (Wildman–Crippen LogP) is 9.17.